The van der Waals surface area contributed by atoms with Crippen molar-refractivity contribution in [1.82, 2.24) is 20.7 Å². The molecule has 1 aromatic heterocycles. The highest BCUT2D eigenvalue weighted by Crippen LogP contribution is 2.18. The van der Waals surface area contributed by atoms with Gasteiger partial charge in [0.15, 0.2) is 11.7 Å². The van der Waals surface area contributed by atoms with E-state index >= 15 is 0 Å². The quantitative estimate of drug-likeness (QED) is 0.592. The molecule has 6 nitrogen and oxygen atoms in total. The van der Waals surface area contributed by atoms with Gasteiger partial charge in [-0.05, 0) is 31.7 Å². The lowest BCUT2D eigenvalue weighted by molar-refractivity contribution is 0.147. The van der Waals surface area contributed by atoms with Crippen LogP contribution in [0.25, 0.3) is 0 Å². The van der Waals surface area contributed by atoms with Gasteiger partial charge in [-0.3, -0.25) is 9.89 Å². The molecule has 0 bridgehead atoms. The molecule has 0 spiro atoms. The molecule has 2 N–H and O–H groups in total. The van der Waals surface area contributed by atoms with E-state index in [1.165, 1.54) is 32.2 Å². The van der Waals surface area contributed by atoms with Gasteiger partial charge >= 0.3 is 0 Å². The molecule has 2 heterocycles. The maximum Gasteiger partial charge on any atom is 0.191 e. The number of hydrogen-bond donors (Lipinski definition) is 2. The fraction of sp³-hybridized carbons (Fsp3) is 0.778. The van der Waals surface area contributed by atoms with E-state index in [1.54, 1.807) is 7.05 Å². The molecule has 1 fully saturated rings. The van der Waals surface area contributed by atoms with Crippen LogP contribution in [0, 0.1) is 0 Å². The highest BCUT2D eigenvalue weighted by molar-refractivity contribution is 5.79. The molecular formula is C18H33N5O. The zero-order valence-corrected chi connectivity index (χ0v) is 15.6. The number of aromatic nitrogens is 1. The minimum absolute atomic E-state index is 0.385. The van der Waals surface area contributed by atoms with Crippen molar-refractivity contribution in [3.8, 4) is 0 Å². The predicted molar refractivity (Wildman–Crippen MR) is 98.3 cm³/mol. The van der Waals surface area contributed by atoms with E-state index in [4.69, 9.17) is 4.52 Å². The van der Waals surface area contributed by atoms with Crippen molar-refractivity contribution >= 4 is 5.96 Å². The molecule has 1 unspecified atom stereocenters. The fourth-order valence-electron chi connectivity index (χ4n) is 3.21. The van der Waals surface area contributed by atoms with E-state index in [0.717, 1.165) is 36.5 Å². The molecule has 1 aromatic rings. The summed E-state index contributed by atoms with van der Waals surface area (Å²) in [7, 11) is 1.80. The van der Waals surface area contributed by atoms with Crippen molar-refractivity contribution in [3.63, 3.8) is 0 Å². The number of hydrogen-bond acceptors (Lipinski definition) is 4. The Balaban J connectivity index is 1.72. The first-order valence-electron chi connectivity index (χ1n) is 9.28. The van der Waals surface area contributed by atoms with E-state index in [9.17, 15) is 0 Å². The average Bonchev–Trinajstić information content (AvgIpc) is 3.07. The molecule has 24 heavy (non-hydrogen) atoms. The van der Waals surface area contributed by atoms with Crippen LogP contribution in [0.2, 0.25) is 0 Å². The van der Waals surface area contributed by atoms with Crippen LogP contribution in [0.4, 0.5) is 0 Å². The van der Waals surface area contributed by atoms with Crippen molar-refractivity contribution in [2.24, 2.45) is 4.99 Å². The number of aliphatic imine (C=N–C) groups is 1. The molecule has 1 aliphatic rings. The van der Waals surface area contributed by atoms with Crippen LogP contribution in [0.3, 0.4) is 0 Å². The molecule has 0 radical (unpaired) electrons. The van der Waals surface area contributed by atoms with Crippen LogP contribution < -0.4 is 10.6 Å². The zero-order chi connectivity index (χ0) is 17.4. The first kappa shape index (κ1) is 18.8. The molecule has 2 rings (SSSR count). The number of likely N-dealkylation sites (tertiary alicyclic amines) is 1. The summed E-state index contributed by atoms with van der Waals surface area (Å²) in [6.45, 7) is 10.3. The summed E-state index contributed by atoms with van der Waals surface area (Å²) in [6, 6.07) is 2.75. The Morgan fingerprint density at radius 3 is 2.92 bits per heavy atom. The number of rotatable bonds is 7. The molecule has 6 heteroatoms. The Hall–Kier alpha value is -1.56. The second-order valence-corrected chi connectivity index (χ2v) is 6.82. The molecule has 1 aliphatic heterocycles. The largest absolute Gasteiger partial charge is 0.359 e. The van der Waals surface area contributed by atoms with Gasteiger partial charge < -0.3 is 15.2 Å². The van der Waals surface area contributed by atoms with Gasteiger partial charge in [0, 0.05) is 32.2 Å². The van der Waals surface area contributed by atoms with Crippen LogP contribution in [0.15, 0.2) is 15.6 Å². The smallest absolute Gasteiger partial charge is 0.191 e. The lowest BCUT2D eigenvalue weighted by atomic mass is 10.0. The van der Waals surface area contributed by atoms with Gasteiger partial charge in [0.2, 0.25) is 0 Å². The third kappa shape index (κ3) is 5.51. The molecule has 0 aromatic carbocycles. The number of piperidine rings is 1. The Morgan fingerprint density at radius 2 is 2.25 bits per heavy atom. The molecular weight excluding hydrogens is 302 g/mol. The highest BCUT2D eigenvalue weighted by atomic mass is 16.5. The standard InChI is InChI=1S/C18H33N5O/c1-5-15-8-6-7-10-23(15)11-9-20-18(19-4)21-13-16-12-17(14(2)3)22-24-16/h12,14-15H,5-11,13H2,1-4H3,(H2,19,20,21). The third-order valence-corrected chi connectivity index (χ3v) is 4.73. The van der Waals surface area contributed by atoms with Crippen LogP contribution in [0.5, 0.6) is 0 Å². The minimum Gasteiger partial charge on any atom is -0.359 e. The van der Waals surface area contributed by atoms with E-state index in [1.807, 2.05) is 6.07 Å². The Bertz CT molecular complexity index is 511. The molecule has 1 atom stereocenters. The molecule has 0 aliphatic carbocycles. The van der Waals surface area contributed by atoms with Crippen molar-refractivity contribution in [2.45, 2.75) is 65.0 Å². The van der Waals surface area contributed by atoms with Gasteiger partial charge in [0.1, 0.15) is 0 Å². The summed E-state index contributed by atoms with van der Waals surface area (Å²) in [5.41, 5.74) is 0.991. The zero-order valence-electron chi connectivity index (χ0n) is 15.6. The predicted octanol–water partition coefficient (Wildman–Crippen LogP) is 2.73. The topological polar surface area (TPSA) is 65.7 Å². The molecule has 0 saturated carbocycles. The van der Waals surface area contributed by atoms with Crippen molar-refractivity contribution < 1.29 is 4.52 Å². The lowest BCUT2D eigenvalue weighted by Gasteiger charge is -2.35. The summed E-state index contributed by atoms with van der Waals surface area (Å²) >= 11 is 0. The molecule has 136 valence electrons. The number of guanidine groups is 1. The van der Waals surface area contributed by atoms with E-state index in [2.05, 4.69) is 46.5 Å². The normalized spacial score (nSPS) is 19.7. The Morgan fingerprint density at radius 1 is 1.42 bits per heavy atom. The average molecular weight is 335 g/mol. The second kappa shape index (κ2) is 9.67. The lowest BCUT2D eigenvalue weighted by Crippen LogP contribution is -2.45. The van der Waals surface area contributed by atoms with Crippen molar-refractivity contribution in [3.05, 3.63) is 17.5 Å². The van der Waals surface area contributed by atoms with Crippen LogP contribution >= 0.6 is 0 Å². The van der Waals surface area contributed by atoms with Gasteiger partial charge in [-0.1, -0.05) is 32.3 Å². The maximum absolute atomic E-state index is 5.35. The third-order valence-electron chi connectivity index (χ3n) is 4.73. The monoisotopic (exact) mass is 335 g/mol. The number of nitrogens with one attached hydrogen (secondary N) is 2. The number of nitrogens with zero attached hydrogens (tertiary/aromatic N) is 3. The van der Waals surface area contributed by atoms with Crippen LogP contribution in [-0.4, -0.2) is 48.7 Å². The second-order valence-electron chi connectivity index (χ2n) is 6.82. The maximum atomic E-state index is 5.35. The summed E-state index contributed by atoms with van der Waals surface area (Å²) in [4.78, 5) is 6.89. The summed E-state index contributed by atoms with van der Waals surface area (Å²) in [5.74, 6) is 2.03. The van der Waals surface area contributed by atoms with Crippen LogP contribution in [0.1, 0.15) is 63.8 Å². The minimum atomic E-state index is 0.385. The SMILES string of the molecule is CCC1CCCCN1CCNC(=NC)NCc1cc(C(C)C)no1. The van der Waals surface area contributed by atoms with Gasteiger partial charge in [-0.2, -0.15) is 0 Å². The van der Waals surface area contributed by atoms with E-state index in [-0.39, 0.29) is 0 Å². The van der Waals surface area contributed by atoms with E-state index < -0.39 is 0 Å². The Kier molecular flexibility index (Phi) is 7.56. The summed E-state index contributed by atoms with van der Waals surface area (Å²) < 4.78 is 5.35. The summed E-state index contributed by atoms with van der Waals surface area (Å²) in [6.07, 6.45) is 5.29. The van der Waals surface area contributed by atoms with E-state index in [0.29, 0.717) is 12.5 Å². The fourth-order valence-corrected chi connectivity index (χ4v) is 3.21. The van der Waals surface area contributed by atoms with Crippen molar-refractivity contribution in [2.75, 3.05) is 26.7 Å². The van der Waals surface area contributed by atoms with Gasteiger partial charge in [0.25, 0.3) is 0 Å². The van der Waals surface area contributed by atoms with Crippen molar-refractivity contribution in [1.29, 1.82) is 0 Å². The first-order chi connectivity index (χ1) is 11.6. The Labute approximate surface area is 146 Å². The first-order valence-corrected chi connectivity index (χ1v) is 9.28. The van der Waals surface area contributed by atoms with Gasteiger partial charge in [0.05, 0.1) is 12.2 Å². The molecule has 1 saturated heterocycles. The van der Waals surface area contributed by atoms with Gasteiger partial charge in [-0.15, -0.1) is 0 Å². The van der Waals surface area contributed by atoms with Gasteiger partial charge in [-0.25, -0.2) is 0 Å². The summed E-state index contributed by atoms with van der Waals surface area (Å²) in [5, 5.41) is 10.8. The highest BCUT2D eigenvalue weighted by Gasteiger charge is 2.20. The van der Waals surface area contributed by atoms with Crippen LogP contribution in [-0.2, 0) is 6.54 Å². The molecule has 0 amide bonds.